The van der Waals surface area contributed by atoms with Gasteiger partial charge in [0.2, 0.25) is 5.91 Å². The van der Waals surface area contributed by atoms with Crippen molar-refractivity contribution in [3.63, 3.8) is 0 Å². The van der Waals surface area contributed by atoms with Gasteiger partial charge < -0.3 is 10.6 Å². The van der Waals surface area contributed by atoms with E-state index in [1.165, 1.54) is 10.3 Å². The fourth-order valence-electron chi connectivity index (χ4n) is 3.06. The van der Waals surface area contributed by atoms with Gasteiger partial charge in [0.1, 0.15) is 0 Å². The molecule has 1 amide bonds. The third-order valence-electron chi connectivity index (χ3n) is 4.36. The van der Waals surface area contributed by atoms with E-state index in [4.69, 9.17) is 0 Å². The number of carbonyl (C=O) groups excluding carboxylic acids is 1. The third kappa shape index (κ3) is 5.45. The largest absolute Gasteiger partial charge is 0.326 e. The molecule has 7 heteroatoms. The van der Waals surface area contributed by atoms with Crippen LogP contribution in [0.5, 0.6) is 0 Å². The molecule has 1 unspecified atom stereocenters. The Morgan fingerprint density at radius 3 is 2.74 bits per heavy atom. The van der Waals surface area contributed by atoms with Crippen molar-refractivity contribution in [3.05, 3.63) is 59.1 Å². The van der Waals surface area contributed by atoms with Crippen LogP contribution >= 0.6 is 35.5 Å². The van der Waals surface area contributed by atoms with Gasteiger partial charge in [0.15, 0.2) is 0 Å². The fraction of sp³-hybridized carbons (Fsp3) is 0.300. The van der Waals surface area contributed by atoms with Crippen molar-refractivity contribution in [3.8, 4) is 0 Å². The third-order valence-corrected chi connectivity index (χ3v) is 6.53. The minimum absolute atomic E-state index is 0. The van der Waals surface area contributed by atoms with Gasteiger partial charge in [0, 0.05) is 42.6 Å². The zero-order valence-corrected chi connectivity index (χ0v) is 17.3. The molecule has 1 fully saturated rings. The predicted molar refractivity (Wildman–Crippen MR) is 118 cm³/mol. The molecule has 4 rings (SSSR count). The van der Waals surface area contributed by atoms with Crippen molar-refractivity contribution >= 4 is 57.3 Å². The summed E-state index contributed by atoms with van der Waals surface area (Å²) in [6.45, 7) is 0.989. The Morgan fingerprint density at radius 2 is 2.00 bits per heavy atom. The van der Waals surface area contributed by atoms with Crippen molar-refractivity contribution in [2.45, 2.75) is 18.9 Å². The Labute approximate surface area is 173 Å². The summed E-state index contributed by atoms with van der Waals surface area (Å²) in [6, 6.07) is 16.6. The highest BCUT2D eigenvalue weighted by atomic mass is 35.5. The van der Waals surface area contributed by atoms with E-state index in [1.54, 1.807) is 11.3 Å². The summed E-state index contributed by atoms with van der Waals surface area (Å²) in [5, 5.41) is 7.51. The van der Waals surface area contributed by atoms with Gasteiger partial charge in [-0.15, -0.1) is 23.7 Å². The SMILES string of the molecule is Cl.O=C(CC1CSCCN1)Nc1ccc(Cc2nc3ccccc3s2)cc1. The molecule has 2 aromatic carbocycles. The molecule has 1 aliphatic heterocycles. The lowest BCUT2D eigenvalue weighted by atomic mass is 10.1. The van der Waals surface area contributed by atoms with Gasteiger partial charge >= 0.3 is 0 Å². The smallest absolute Gasteiger partial charge is 0.225 e. The Balaban J connectivity index is 0.00000210. The fourth-order valence-corrected chi connectivity index (χ4v) is 5.01. The predicted octanol–water partition coefficient (Wildman–Crippen LogP) is 4.34. The second kappa shape index (κ2) is 9.55. The average Bonchev–Trinajstić information content (AvgIpc) is 3.06. The van der Waals surface area contributed by atoms with E-state index < -0.39 is 0 Å². The second-order valence-electron chi connectivity index (χ2n) is 6.43. The lowest BCUT2D eigenvalue weighted by molar-refractivity contribution is -0.116. The summed E-state index contributed by atoms with van der Waals surface area (Å²) in [4.78, 5) is 16.9. The highest BCUT2D eigenvalue weighted by Crippen LogP contribution is 2.24. The van der Waals surface area contributed by atoms with Crippen LogP contribution in [-0.2, 0) is 11.2 Å². The molecule has 142 valence electrons. The maximum absolute atomic E-state index is 12.2. The molecule has 2 heterocycles. The summed E-state index contributed by atoms with van der Waals surface area (Å²) < 4.78 is 1.22. The van der Waals surface area contributed by atoms with E-state index in [0.717, 1.165) is 40.7 Å². The molecule has 1 saturated heterocycles. The Kier molecular flexibility index (Phi) is 7.13. The van der Waals surface area contributed by atoms with Crippen LogP contribution in [0, 0.1) is 0 Å². The van der Waals surface area contributed by atoms with Gasteiger partial charge in [-0.25, -0.2) is 4.98 Å². The van der Waals surface area contributed by atoms with E-state index in [1.807, 2.05) is 42.1 Å². The number of anilines is 1. The van der Waals surface area contributed by atoms with Crippen LogP contribution in [0.1, 0.15) is 17.0 Å². The number of aromatic nitrogens is 1. The van der Waals surface area contributed by atoms with Crippen LogP contribution < -0.4 is 10.6 Å². The molecule has 0 aliphatic carbocycles. The van der Waals surface area contributed by atoms with E-state index in [9.17, 15) is 4.79 Å². The summed E-state index contributed by atoms with van der Waals surface area (Å²) in [7, 11) is 0. The van der Waals surface area contributed by atoms with Crippen molar-refractivity contribution < 1.29 is 4.79 Å². The summed E-state index contributed by atoms with van der Waals surface area (Å²) in [5.41, 5.74) is 3.12. The van der Waals surface area contributed by atoms with Crippen LogP contribution in [0.2, 0.25) is 0 Å². The van der Waals surface area contributed by atoms with Crippen molar-refractivity contribution in [1.82, 2.24) is 10.3 Å². The number of thioether (sulfide) groups is 1. The van der Waals surface area contributed by atoms with Gasteiger partial charge in [0.05, 0.1) is 15.2 Å². The van der Waals surface area contributed by atoms with Gasteiger partial charge in [-0.2, -0.15) is 11.8 Å². The van der Waals surface area contributed by atoms with Crippen LogP contribution in [0.15, 0.2) is 48.5 Å². The number of thiazole rings is 1. The van der Waals surface area contributed by atoms with Crippen molar-refractivity contribution in [2.75, 3.05) is 23.4 Å². The highest BCUT2D eigenvalue weighted by molar-refractivity contribution is 7.99. The Hall–Kier alpha value is -1.60. The molecule has 1 aromatic heterocycles. The first-order valence-electron chi connectivity index (χ1n) is 8.81. The number of carbonyl (C=O) groups is 1. The number of hydrogen-bond donors (Lipinski definition) is 2. The number of amides is 1. The van der Waals surface area contributed by atoms with Crippen LogP contribution in [0.3, 0.4) is 0 Å². The second-order valence-corrected chi connectivity index (χ2v) is 8.69. The van der Waals surface area contributed by atoms with Gasteiger partial charge in [-0.3, -0.25) is 4.79 Å². The van der Waals surface area contributed by atoms with Crippen LogP contribution in [0.25, 0.3) is 10.2 Å². The van der Waals surface area contributed by atoms with Crippen molar-refractivity contribution in [2.24, 2.45) is 0 Å². The van der Waals surface area contributed by atoms with E-state index in [0.29, 0.717) is 6.42 Å². The first kappa shape index (κ1) is 20.1. The first-order valence-corrected chi connectivity index (χ1v) is 10.8. The highest BCUT2D eigenvalue weighted by Gasteiger charge is 2.16. The van der Waals surface area contributed by atoms with E-state index in [-0.39, 0.29) is 24.4 Å². The molecule has 0 bridgehead atoms. The van der Waals surface area contributed by atoms with Gasteiger partial charge in [0.25, 0.3) is 0 Å². The molecular formula is C20H22ClN3OS2. The Morgan fingerprint density at radius 1 is 1.19 bits per heavy atom. The monoisotopic (exact) mass is 419 g/mol. The molecule has 1 aliphatic rings. The summed E-state index contributed by atoms with van der Waals surface area (Å²) in [5.74, 6) is 2.21. The number of rotatable bonds is 5. The molecule has 1 atom stereocenters. The number of fused-ring (bicyclic) bond motifs is 1. The van der Waals surface area contributed by atoms with E-state index in [2.05, 4.69) is 33.8 Å². The molecule has 0 radical (unpaired) electrons. The van der Waals surface area contributed by atoms with Crippen LogP contribution in [-0.4, -0.2) is 35.0 Å². The minimum Gasteiger partial charge on any atom is -0.326 e. The summed E-state index contributed by atoms with van der Waals surface area (Å²) in [6.07, 6.45) is 1.34. The molecule has 0 spiro atoms. The maximum Gasteiger partial charge on any atom is 0.225 e. The number of benzene rings is 2. The lowest BCUT2D eigenvalue weighted by Gasteiger charge is -2.22. The zero-order chi connectivity index (χ0) is 17.8. The quantitative estimate of drug-likeness (QED) is 0.645. The standard InChI is InChI=1S/C20H21N3OS2.ClH/c24-19(12-16-13-25-10-9-21-16)22-15-7-5-14(6-8-15)11-20-23-17-3-1-2-4-18(17)26-20;/h1-8,16,21H,9-13H2,(H,22,24);1H. The summed E-state index contributed by atoms with van der Waals surface area (Å²) >= 11 is 3.64. The molecule has 2 N–H and O–H groups in total. The molecular weight excluding hydrogens is 398 g/mol. The number of nitrogens with zero attached hydrogens (tertiary/aromatic N) is 1. The Bertz CT molecular complexity index is 859. The minimum atomic E-state index is 0. The van der Waals surface area contributed by atoms with Crippen molar-refractivity contribution in [1.29, 1.82) is 0 Å². The number of para-hydroxylation sites is 1. The lowest BCUT2D eigenvalue weighted by Crippen LogP contribution is -2.39. The molecule has 27 heavy (non-hydrogen) atoms. The topological polar surface area (TPSA) is 54.0 Å². The molecule has 3 aromatic rings. The zero-order valence-electron chi connectivity index (χ0n) is 14.8. The van der Waals surface area contributed by atoms with Gasteiger partial charge in [-0.1, -0.05) is 24.3 Å². The molecule has 4 nitrogen and oxygen atoms in total. The normalized spacial score (nSPS) is 16.7. The van der Waals surface area contributed by atoms with Crippen LogP contribution in [0.4, 0.5) is 5.69 Å². The average molecular weight is 420 g/mol. The number of nitrogens with one attached hydrogen (secondary N) is 2. The first-order chi connectivity index (χ1) is 12.8. The van der Waals surface area contributed by atoms with E-state index >= 15 is 0 Å². The maximum atomic E-state index is 12.2. The number of halogens is 1. The molecule has 0 saturated carbocycles. The number of hydrogen-bond acceptors (Lipinski definition) is 5. The van der Waals surface area contributed by atoms with Gasteiger partial charge in [-0.05, 0) is 29.8 Å².